The third kappa shape index (κ3) is 20.3. The Hall–Kier alpha value is -8.90. The van der Waals surface area contributed by atoms with Gasteiger partial charge in [0.05, 0.1) is 32.8 Å². The first-order valence-electron chi connectivity index (χ1n) is 32.7. The molecule has 0 unspecified atom stereocenters. The maximum atomic E-state index is 12.0. The summed E-state index contributed by atoms with van der Waals surface area (Å²) < 4.78 is 23.4. The quantitative estimate of drug-likeness (QED) is 0.0425. The van der Waals surface area contributed by atoms with Gasteiger partial charge in [0.15, 0.2) is 0 Å². The summed E-state index contributed by atoms with van der Waals surface area (Å²) >= 11 is 0. The molecule has 15 heteroatoms. The molecule has 0 aliphatic carbocycles. The molecule has 3 aliphatic heterocycles. The van der Waals surface area contributed by atoms with Crippen LogP contribution in [0.2, 0.25) is 0 Å². The average molecular weight is 1280 g/mol. The number of aromatic nitrogens is 3. The van der Waals surface area contributed by atoms with Crippen LogP contribution < -0.4 is 47.8 Å². The third-order valence-electron chi connectivity index (χ3n) is 17.2. The molecular weight excluding hydrogens is 1190 g/mol. The van der Waals surface area contributed by atoms with Crippen molar-refractivity contribution in [1.29, 1.82) is 0 Å². The van der Waals surface area contributed by atoms with Crippen LogP contribution in [-0.4, -0.2) is 117 Å². The van der Waals surface area contributed by atoms with Crippen molar-refractivity contribution >= 4 is 43.6 Å². The zero-order valence-corrected chi connectivity index (χ0v) is 56.5. The van der Waals surface area contributed by atoms with Gasteiger partial charge in [-0.3, -0.25) is 0 Å². The van der Waals surface area contributed by atoms with Crippen LogP contribution in [0.15, 0.2) is 195 Å². The van der Waals surface area contributed by atoms with Gasteiger partial charge in [0.1, 0.15) is 18.3 Å². The van der Waals surface area contributed by atoms with Crippen molar-refractivity contribution < 1.29 is 54.2 Å². The first-order chi connectivity index (χ1) is 45.3. The Morgan fingerprint density at radius 3 is 1.28 bits per heavy atom. The van der Waals surface area contributed by atoms with Crippen LogP contribution in [-0.2, 0) is 16.0 Å². The number of rotatable bonds is 20. The number of carbonyl (C=O) groups excluding carboxylic acids is 1. The molecule has 96 heavy (non-hydrogen) atoms. The standard InChI is InChI=1S/C28H30N2O3.C26H30N2O2.C26H28N2O2.CH4.B.Li.H/c1-4-32-28(31)14-11-23-17-22(25-8-6-5-7-21(25)3)10-12-26(23)30-16-15-24(19-30)33-27-13-9-20(2)18-29-27;2*1-19-9-12-26(27-17-19)30-23-13-14-28(18-23)25-11-10-21(16-22(25)7-5-15-29)24-8-4-3-6-20(24)2;;;;/h5-14,17-18,24H,4,15-16,19H2,1-3H3;3-4,6,8-12,16-17,23,29H,5,7,13-15,18H2,1-2H3;3-12,16-17,23,29H,13-15,18H2,1-2H3;1H4;;;/q;;;;;+1;-1/b14-11+;;7-5+;;;;/t24-;2*23-;;;;/m000..../s1. The molecule has 3 saturated heterocycles. The normalized spacial score (nSPS) is 15.6. The number of hydrogen-bond acceptors (Lipinski definition) is 13. The molecule has 0 saturated carbocycles. The van der Waals surface area contributed by atoms with Gasteiger partial charge < -0.3 is 45.3 Å². The summed E-state index contributed by atoms with van der Waals surface area (Å²) in [4.78, 5) is 32.2. The number of pyridine rings is 3. The SMILES string of the molecule is C.CCOC(=O)/C=C/c1cc(-c2ccccc2C)ccc1N1CC[C@H](Oc2ccc(C)cn2)C1.Cc1ccc(O[C@H]2CCN(c3ccc(-c4ccccc4C)cc3/C=C/CO)C2)nc1.Cc1ccc(O[C@H]2CCN(c3ccc(-c4ccccc4C)cc3CCCO)C2)nc1.[B].[H-].[Li+]. The Morgan fingerprint density at radius 2 is 0.906 bits per heavy atom. The molecule has 0 spiro atoms. The Kier molecular flexibility index (Phi) is 28.6. The second-order valence-electron chi connectivity index (χ2n) is 24.3. The van der Waals surface area contributed by atoms with Crippen molar-refractivity contribution in [3.05, 3.63) is 245 Å². The van der Waals surface area contributed by atoms with E-state index >= 15 is 0 Å². The molecule has 3 radical (unpaired) electrons. The van der Waals surface area contributed by atoms with Gasteiger partial charge in [-0.1, -0.05) is 129 Å². The van der Waals surface area contributed by atoms with E-state index in [1.807, 2.05) is 107 Å². The van der Waals surface area contributed by atoms with Crippen molar-refractivity contribution in [3.8, 4) is 51.0 Å². The molecule has 3 aliphatic rings. The summed E-state index contributed by atoms with van der Waals surface area (Å²) in [7, 11) is 0. The summed E-state index contributed by atoms with van der Waals surface area (Å²) in [5.74, 6) is 1.70. The first kappa shape index (κ1) is 74.5. The number of ether oxygens (including phenoxy) is 4. The minimum absolute atomic E-state index is 0. The third-order valence-corrected chi connectivity index (χ3v) is 17.2. The predicted octanol–water partition coefficient (Wildman–Crippen LogP) is 12.9. The molecule has 6 heterocycles. The predicted molar refractivity (Wildman–Crippen MR) is 391 cm³/mol. The van der Waals surface area contributed by atoms with Gasteiger partial charge >= 0.3 is 24.8 Å². The number of hydrogen-bond donors (Lipinski definition) is 2. The van der Waals surface area contributed by atoms with Crippen LogP contribution in [0.25, 0.3) is 45.5 Å². The van der Waals surface area contributed by atoms with Crippen molar-refractivity contribution in [3.63, 3.8) is 0 Å². The molecular formula is C81H93BLiN6O7. The van der Waals surface area contributed by atoms with E-state index in [2.05, 4.69) is 166 Å². The molecule has 3 atom stereocenters. The topological polar surface area (TPSA) is 143 Å². The molecule has 9 aromatic rings. The van der Waals surface area contributed by atoms with Crippen molar-refractivity contribution in [2.45, 2.75) is 106 Å². The van der Waals surface area contributed by atoms with E-state index in [1.54, 1.807) is 6.08 Å². The molecule has 0 bridgehead atoms. The number of esters is 1. The van der Waals surface area contributed by atoms with Gasteiger partial charge in [-0.25, -0.2) is 19.7 Å². The van der Waals surface area contributed by atoms with Crippen LogP contribution in [0.5, 0.6) is 17.6 Å². The number of aryl methyl sites for hydroxylation is 7. The van der Waals surface area contributed by atoms with E-state index < -0.39 is 0 Å². The van der Waals surface area contributed by atoms with Gasteiger partial charge in [-0.05, 0) is 187 Å². The van der Waals surface area contributed by atoms with E-state index in [9.17, 15) is 15.0 Å². The largest absolute Gasteiger partial charge is 1.00 e. The zero-order chi connectivity index (χ0) is 65.1. The summed E-state index contributed by atoms with van der Waals surface area (Å²) in [5, 5.41) is 18.7. The number of nitrogens with zero attached hydrogens (tertiary/aromatic N) is 6. The number of benzene rings is 6. The van der Waals surface area contributed by atoms with Gasteiger partial charge in [0, 0.05) is 114 Å². The minimum atomic E-state index is -0.335. The Morgan fingerprint density at radius 1 is 0.521 bits per heavy atom. The van der Waals surface area contributed by atoms with Gasteiger partial charge in [0.25, 0.3) is 0 Å². The summed E-state index contributed by atoms with van der Waals surface area (Å²) in [6.45, 7) is 20.1. The van der Waals surface area contributed by atoms with Gasteiger partial charge in [0.2, 0.25) is 17.6 Å². The molecule has 13 nitrogen and oxygen atoms in total. The average Bonchev–Trinajstić information content (AvgIpc) is 1.71. The first-order valence-corrected chi connectivity index (χ1v) is 32.7. The zero-order valence-electron chi connectivity index (χ0n) is 57.5. The van der Waals surface area contributed by atoms with Crippen LogP contribution in [0.3, 0.4) is 0 Å². The maximum Gasteiger partial charge on any atom is 1.00 e. The van der Waals surface area contributed by atoms with Crippen LogP contribution >= 0.6 is 0 Å². The fourth-order valence-electron chi connectivity index (χ4n) is 12.3. The van der Waals surface area contributed by atoms with E-state index in [1.165, 1.54) is 67.5 Å². The second kappa shape index (κ2) is 36.8. The number of aliphatic hydroxyl groups excluding tert-OH is 2. The molecule has 3 fully saturated rings. The monoisotopic (exact) mass is 1280 g/mol. The Balaban J connectivity index is 0.000000226. The molecule has 12 rings (SSSR count). The number of aliphatic hydroxyl groups is 2. The Labute approximate surface area is 585 Å². The van der Waals surface area contributed by atoms with E-state index in [0.717, 1.165) is 110 Å². The van der Waals surface area contributed by atoms with Crippen LogP contribution in [0.4, 0.5) is 17.1 Å². The molecule has 2 N–H and O–H groups in total. The summed E-state index contributed by atoms with van der Waals surface area (Å²) in [5.41, 5.74) is 21.2. The van der Waals surface area contributed by atoms with Crippen molar-refractivity contribution in [2.75, 3.05) is 73.8 Å². The van der Waals surface area contributed by atoms with Crippen molar-refractivity contribution in [2.24, 2.45) is 0 Å². The summed E-state index contributed by atoms with van der Waals surface area (Å²) in [6, 6.07) is 56.9. The molecule has 3 aromatic heterocycles. The Bertz CT molecular complexity index is 3990. The molecule has 6 aromatic carbocycles. The minimum Gasteiger partial charge on any atom is -1.00 e. The summed E-state index contributed by atoms with van der Waals surface area (Å²) in [6.07, 6.45) is 17.5. The van der Waals surface area contributed by atoms with Crippen LogP contribution in [0.1, 0.15) is 91.5 Å². The number of carbonyl (C=O) groups is 1. The fraction of sp³-hybridized carbons (Fsp3) is 0.309. The van der Waals surface area contributed by atoms with Crippen LogP contribution in [0, 0.1) is 41.5 Å². The molecule has 0 amide bonds. The fourth-order valence-corrected chi connectivity index (χ4v) is 12.3. The van der Waals surface area contributed by atoms with Gasteiger partial charge in [-0.2, -0.15) is 0 Å². The van der Waals surface area contributed by atoms with Gasteiger partial charge in [-0.15, -0.1) is 0 Å². The van der Waals surface area contributed by atoms with E-state index in [4.69, 9.17) is 18.9 Å². The van der Waals surface area contributed by atoms with E-state index in [-0.39, 0.29) is 73.6 Å². The molecule has 493 valence electrons. The van der Waals surface area contributed by atoms with E-state index in [0.29, 0.717) is 24.2 Å². The second-order valence-corrected chi connectivity index (χ2v) is 24.3. The van der Waals surface area contributed by atoms with Crippen molar-refractivity contribution in [1.82, 2.24) is 15.0 Å². The number of anilines is 3. The smallest absolute Gasteiger partial charge is 1.00 e. The maximum absolute atomic E-state index is 12.0.